The number of aromatic nitrogens is 2. The molecule has 100 valence electrons. The zero-order valence-electron chi connectivity index (χ0n) is 10.7. The van der Waals surface area contributed by atoms with Gasteiger partial charge < -0.3 is 15.0 Å². The summed E-state index contributed by atoms with van der Waals surface area (Å²) in [4.78, 5) is 11.1. The third kappa shape index (κ3) is 2.37. The Morgan fingerprint density at radius 2 is 2.05 bits per heavy atom. The number of ether oxygens (including phenoxy) is 1. The van der Waals surface area contributed by atoms with Crippen molar-refractivity contribution in [3.63, 3.8) is 0 Å². The van der Waals surface area contributed by atoms with Crippen LogP contribution in [0.25, 0.3) is 10.9 Å². The van der Waals surface area contributed by atoms with Gasteiger partial charge in [-0.25, -0.2) is 9.97 Å². The number of nitrogens with one attached hydrogen (secondary N) is 1. The lowest BCUT2D eigenvalue weighted by molar-refractivity contribution is 0.413. The first-order chi connectivity index (χ1) is 9.29. The number of hydrogen-bond donors (Lipinski definition) is 1. The van der Waals surface area contributed by atoms with E-state index in [9.17, 15) is 0 Å². The molecule has 1 aromatic heterocycles. The van der Waals surface area contributed by atoms with Crippen molar-refractivity contribution in [3.8, 4) is 5.75 Å². The number of fused-ring (bicyclic) bond motifs is 1. The van der Waals surface area contributed by atoms with Gasteiger partial charge >= 0.3 is 0 Å². The molecule has 1 aliphatic heterocycles. The number of benzene rings is 1. The molecular formula is C13H15BrN4O. The normalized spacial score (nSPS) is 15.8. The van der Waals surface area contributed by atoms with Crippen LogP contribution in [0.5, 0.6) is 5.75 Å². The summed E-state index contributed by atoms with van der Waals surface area (Å²) in [6.07, 6.45) is 1.62. The van der Waals surface area contributed by atoms with E-state index in [-0.39, 0.29) is 0 Å². The van der Waals surface area contributed by atoms with E-state index in [1.54, 1.807) is 13.4 Å². The fourth-order valence-electron chi connectivity index (χ4n) is 2.33. The van der Waals surface area contributed by atoms with Crippen molar-refractivity contribution in [2.45, 2.75) is 0 Å². The Labute approximate surface area is 120 Å². The maximum absolute atomic E-state index is 5.36. The van der Waals surface area contributed by atoms with E-state index in [1.165, 1.54) is 0 Å². The summed E-state index contributed by atoms with van der Waals surface area (Å²) in [6, 6.07) is 3.97. The van der Waals surface area contributed by atoms with Crippen molar-refractivity contribution < 1.29 is 4.74 Å². The molecule has 1 N–H and O–H groups in total. The molecule has 2 heterocycles. The highest BCUT2D eigenvalue weighted by Crippen LogP contribution is 2.33. The highest BCUT2D eigenvalue weighted by atomic mass is 79.9. The molecule has 2 aromatic rings. The summed E-state index contributed by atoms with van der Waals surface area (Å²) in [5, 5.41) is 4.38. The van der Waals surface area contributed by atoms with Crippen LogP contribution < -0.4 is 15.0 Å². The minimum absolute atomic E-state index is 0.804. The Morgan fingerprint density at radius 1 is 1.26 bits per heavy atom. The molecule has 0 aliphatic carbocycles. The zero-order chi connectivity index (χ0) is 13.2. The topological polar surface area (TPSA) is 50.3 Å². The average Bonchev–Trinajstić information content (AvgIpc) is 2.46. The maximum atomic E-state index is 5.36. The van der Waals surface area contributed by atoms with Crippen LogP contribution in [0.3, 0.4) is 0 Å². The monoisotopic (exact) mass is 322 g/mol. The van der Waals surface area contributed by atoms with Crippen molar-refractivity contribution in [2.75, 3.05) is 38.2 Å². The third-order valence-corrected chi connectivity index (χ3v) is 3.92. The largest absolute Gasteiger partial charge is 0.496 e. The number of halogens is 1. The predicted octanol–water partition coefficient (Wildman–Crippen LogP) is 1.81. The standard InChI is InChI=1S/C13H15BrN4O/c1-19-12-6-9-11(7-10(12)14)16-8-17-13(9)18-4-2-15-3-5-18/h6-8,15H,2-5H2,1H3. The molecule has 1 saturated heterocycles. The molecule has 1 fully saturated rings. The summed E-state index contributed by atoms with van der Waals surface area (Å²) in [5.41, 5.74) is 0.927. The van der Waals surface area contributed by atoms with Crippen LogP contribution in [0.2, 0.25) is 0 Å². The smallest absolute Gasteiger partial charge is 0.140 e. The Balaban J connectivity index is 2.13. The molecule has 0 atom stereocenters. The second-order valence-electron chi connectivity index (χ2n) is 4.44. The van der Waals surface area contributed by atoms with E-state index in [4.69, 9.17) is 4.74 Å². The Bertz CT molecular complexity index is 598. The first-order valence-electron chi connectivity index (χ1n) is 6.23. The molecule has 6 heteroatoms. The van der Waals surface area contributed by atoms with Crippen LogP contribution in [0.15, 0.2) is 22.9 Å². The van der Waals surface area contributed by atoms with E-state index in [0.29, 0.717) is 0 Å². The SMILES string of the molecule is COc1cc2c(N3CCNCC3)ncnc2cc1Br. The van der Waals surface area contributed by atoms with Crippen molar-refractivity contribution in [1.82, 2.24) is 15.3 Å². The minimum atomic E-state index is 0.804. The molecule has 1 aromatic carbocycles. The van der Waals surface area contributed by atoms with Gasteiger partial charge in [0.25, 0.3) is 0 Å². The number of rotatable bonds is 2. The van der Waals surface area contributed by atoms with Gasteiger partial charge in [-0.2, -0.15) is 0 Å². The van der Waals surface area contributed by atoms with Crippen molar-refractivity contribution >= 4 is 32.7 Å². The Kier molecular flexibility index (Phi) is 3.52. The predicted molar refractivity (Wildman–Crippen MR) is 78.9 cm³/mol. The quantitative estimate of drug-likeness (QED) is 0.913. The van der Waals surface area contributed by atoms with Crippen LogP contribution in [0.4, 0.5) is 5.82 Å². The van der Waals surface area contributed by atoms with Gasteiger partial charge in [-0.05, 0) is 28.1 Å². The van der Waals surface area contributed by atoms with Gasteiger partial charge in [-0.15, -0.1) is 0 Å². The van der Waals surface area contributed by atoms with Crippen LogP contribution in [0, 0.1) is 0 Å². The number of methoxy groups -OCH3 is 1. The molecule has 5 nitrogen and oxygen atoms in total. The van der Waals surface area contributed by atoms with E-state index < -0.39 is 0 Å². The fourth-order valence-corrected chi connectivity index (χ4v) is 2.82. The van der Waals surface area contributed by atoms with Crippen molar-refractivity contribution in [2.24, 2.45) is 0 Å². The van der Waals surface area contributed by atoms with E-state index in [1.807, 2.05) is 12.1 Å². The number of anilines is 1. The lowest BCUT2D eigenvalue weighted by Crippen LogP contribution is -2.44. The lowest BCUT2D eigenvalue weighted by atomic mass is 10.2. The van der Waals surface area contributed by atoms with Crippen molar-refractivity contribution in [3.05, 3.63) is 22.9 Å². The van der Waals surface area contributed by atoms with Crippen LogP contribution in [-0.2, 0) is 0 Å². The Hall–Kier alpha value is -1.40. The van der Waals surface area contributed by atoms with E-state index in [2.05, 4.69) is 36.1 Å². The van der Waals surface area contributed by atoms with Gasteiger partial charge in [0.15, 0.2) is 0 Å². The van der Waals surface area contributed by atoms with Gasteiger partial charge in [0, 0.05) is 31.6 Å². The number of piperazine rings is 1. The first-order valence-corrected chi connectivity index (χ1v) is 7.03. The van der Waals surface area contributed by atoms with Gasteiger partial charge in [0.1, 0.15) is 17.9 Å². The van der Waals surface area contributed by atoms with Crippen LogP contribution in [-0.4, -0.2) is 43.3 Å². The fraction of sp³-hybridized carbons (Fsp3) is 0.385. The molecule has 0 saturated carbocycles. The molecule has 0 radical (unpaired) electrons. The molecule has 3 rings (SSSR count). The summed E-state index contributed by atoms with van der Waals surface area (Å²) in [6.45, 7) is 3.90. The molecule has 1 aliphatic rings. The number of hydrogen-bond acceptors (Lipinski definition) is 5. The second kappa shape index (κ2) is 5.30. The highest BCUT2D eigenvalue weighted by molar-refractivity contribution is 9.10. The highest BCUT2D eigenvalue weighted by Gasteiger charge is 2.16. The summed E-state index contributed by atoms with van der Waals surface area (Å²) < 4.78 is 6.27. The van der Waals surface area contributed by atoms with Crippen LogP contribution >= 0.6 is 15.9 Å². The summed E-state index contributed by atoms with van der Waals surface area (Å²) in [5.74, 6) is 1.79. The third-order valence-electron chi connectivity index (χ3n) is 3.30. The van der Waals surface area contributed by atoms with E-state index >= 15 is 0 Å². The molecule has 0 bridgehead atoms. The maximum Gasteiger partial charge on any atom is 0.140 e. The summed E-state index contributed by atoms with van der Waals surface area (Å²) in [7, 11) is 1.67. The molecule has 19 heavy (non-hydrogen) atoms. The van der Waals surface area contributed by atoms with E-state index in [0.717, 1.165) is 53.1 Å². The van der Waals surface area contributed by atoms with Crippen LogP contribution in [0.1, 0.15) is 0 Å². The molecule has 0 amide bonds. The van der Waals surface area contributed by atoms with Crippen molar-refractivity contribution in [1.29, 1.82) is 0 Å². The molecule has 0 unspecified atom stereocenters. The van der Waals surface area contributed by atoms with Gasteiger partial charge in [0.05, 0.1) is 17.1 Å². The number of nitrogens with zero attached hydrogens (tertiary/aromatic N) is 3. The van der Waals surface area contributed by atoms with Gasteiger partial charge in [-0.3, -0.25) is 0 Å². The van der Waals surface area contributed by atoms with Gasteiger partial charge in [-0.1, -0.05) is 0 Å². The lowest BCUT2D eigenvalue weighted by Gasteiger charge is -2.29. The molecule has 0 spiro atoms. The second-order valence-corrected chi connectivity index (χ2v) is 5.29. The average molecular weight is 323 g/mol. The Morgan fingerprint density at radius 3 is 2.79 bits per heavy atom. The summed E-state index contributed by atoms with van der Waals surface area (Å²) >= 11 is 3.49. The zero-order valence-corrected chi connectivity index (χ0v) is 12.3. The van der Waals surface area contributed by atoms with Gasteiger partial charge in [0.2, 0.25) is 0 Å². The molecular weight excluding hydrogens is 308 g/mol. The minimum Gasteiger partial charge on any atom is -0.496 e. The first kappa shape index (κ1) is 12.6.